The monoisotopic (exact) mass is 344 g/mol. The number of nitrogens with zero attached hydrogens (tertiary/aromatic N) is 2. The lowest BCUT2D eigenvalue weighted by Crippen LogP contribution is -2.41. The topological polar surface area (TPSA) is 67.3 Å². The molecule has 0 spiro atoms. The van der Waals surface area contributed by atoms with Crippen molar-refractivity contribution in [3.63, 3.8) is 0 Å². The summed E-state index contributed by atoms with van der Waals surface area (Å²) in [6.07, 6.45) is 6.21. The second-order valence-electron chi connectivity index (χ2n) is 5.91. The minimum atomic E-state index is -3.46. The maximum Gasteiger partial charge on any atom is 0.237 e. The Morgan fingerprint density at radius 3 is 2.64 bits per heavy atom. The van der Waals surface area contributed by atoms with Gasteiger partial charge in [-0.05, 0) is 19.3 Å². The fraction of sp³-hybridized carbons (Fsp3) is 0.733. The van der Waals surface area contributed by atoms with Gasteiger partial charge in [-0.3, -0.25) is 4.79 Å². The van der Waals surface area contributed by atoms with Crippen molar-refractivity contribution >= 4 is 27.1 Å². The van der Waals surface area contributed by atoms with Gasteiger partial charge in [0.05, 0.1) is 16.5 Å². The van der Waals surface area contributed by atoms with Crippen LogP contribution in [0, 0.1) is 0 Å². The molecule has 1 fully saturated rings. The first-order valence-corrected chi connectivity index (χ1v) is 10.5. The molecule has 0 saturated heterocycles. The lowest BCUT2D eigenvalue weighted by atomic mass is 9.94. The van der Waals surface area contributed by atoms with Gasteiger partial charge >= 0.3 is 0 Å². The number of aryl methyl sites for hydroxylation is 1. The van der Waals surface area contributed by atoms with Crippen LogP contribution in [-0.4, -0.2) is 43.1 Å². The van der Waals surface area contributed by atoms with Crippen LogP contribution in [0.1, 0.15) is 49.7 Å². The molecule has 0 N–H and O–H groups in total. The highest BCUT2D eigenvalue weighted by Crippen LogP contribution is 2.22. The van der Waals surface area contributed by atoms with E-state index in [2.05, 4.69) is 4.98 Å². The molecule has 1 aliphatic carbocycles. The summed E-state index contributed by atoms with van der Waals surface area (Å²) in [7, 11) is -1.73. The summed E-state index contributed by atoms with van der Waals surface area (Å²) in [5.74, 6) is -0.856. The van der Waals surface area contributed by atoms with Crippen molar-refractivity contribution in [3.8, 4) is 0 Å². The minimum absolute atomic E-state index is 0.145. The molecule has 1 heterocycles. The maximum absolute atomic E-state index is 12.2. The largest absolute Gasteiger partial charge is 0.342 e. The van der Waals surface area contributed by atoms with Gasteiger partial charge in [-0.1, -0.05) is 26.2 Å². The number of amides is 1. The van der Waals surface area contributed by atoms with Gasteiger partial charge in [-0.15, -0.1) is 11.3 Å². The number of carbonyl (C=O) groups excluding carboxylic acids is 1. The summed E-state index contributed by atoms with van der Waals surface area (Å²) in [6, 6.07) is 0.197. The first-order chi connectivity index (χ1) is 10.4. The molecule has 0 aromatic carbocycles. The van der Waals surface area contributed by atoms with Gasteiger partial charge in [-0.2, -0.15) is 0 Å². The van der Waals surface area contributed by atoms with Crippen LogP contribution in [0.15, 0.2) is 5.38 Å². The van der Waals surface area contributed by atoms with E-state index in [4.69, 9.17) is 0 Å². The highest BCUT2D eigenvalue weighted by Gasteiger charge is 2.26. The molecule has 0 radical (unpaired) electrons. The number of hydrogen-bond donors (Lipinski definition) is 0. The zero-order valence-corrected chi connectivity index (χ0v) is 14.9. The smallest absolute Gasteiger partial charge is 0.237 e. The molecule has 124 valence electrons. The average molecular weight is 345 g/mol. The van der Waals surface area contributed by atoms with Crippen molar-refractivity contribution in [2.45, 2.75) is 57.2 Å². The summed E-state index contributed by atoms with van der Waals surface area (Å²) < 4.78 is 24.4. The third kappa shape index (κ3) is 4.78. The van der Waals surface area contributed by atoms with E-state index in [1.54, 1.807) is 17.3 Å². The average Bonchev–Trinajstić information content (AvgIpc) is 2.93. The van der Waals surface area contributed by atoms with Gasteiger partial charge in [0.25, 0.3) is 0 Å². The molecule has 1 aromatic heterocycles. The van der Waals surface area contributed by atoms with Crippen molar-refractivity contribution in [1.82, 2.24) is 9.88 Å². The maximum atomic E-state index is 12.2. The van der Waals surface area contributed by atoms with Crippen LogP contribution in [0.4, 0.5) is 0 Å². The second kappa shape index (κ2) is 7.55. The normalized spacial score (nSPS) is 16.6. The fourth-order valence-corrected chi connectivity index (χ4v) is 4.95. The van der Waals surface area contributed by atoms with Crippen molar-refractivity contribution in [2.75, 3.05) is 12.8 Å². The quantitative estimate of drug-likeness (QED) is 0.795. The molecule has 1 aromatic rings. The molecule has 22 heavy (non-hydrogen) atoms. The predicted octanol–water partition coefficient (Wildman–Crippen LogP) is 2.41. The van der Waals surface area contributed by atoms with Crippen molar-refractivity contribution in [2.24, 2.45) is 0 Å². The molecule has 0 aliphatic heterocycles. The standard InChI is InChI=1S/C15H24N2O3S2/c1-3-14-16-12(9-21-14)10-22(19,20)11-15(18)17(2)13-7-5-4-6-8-13/h9,13H,3-8,10-11H2,1-2H3. The SMILES string of the molecule is CCc1nc(CS(=O)(=O)CC(=O)N(C)C2CCCCC2)cs1. The van der Waals surface area contributed by atoms with E-state index in [0.29, 0.717) is 5.69 Å². The molecule has 0 atom stereocenters. The Morgan fingerprint density at radius 2 is 2.05 bits per heavy atom. The number of hydrogen-bond acceptors (Lipinski definition) is 5. The van der Waals surface area contributed by atoms with E-state index in [9.17, 15) is 13.2 Å². The van der Waals surface area contributed by atoms with Gasteiger partial charge in [0.1, 0.15) is 5.75 Å². The van der Waals surface area contributed by atoms with Gasteiger partial charge in [0.15, 0.2) is 9.84 Å². The molecule has 0 bridgehead atoms. The van der Waals surface area contributed by atoms with Crippen LogP contribution < -0.4 is 0 Å². The van der Waals surface area contributed by atoms with Gasteiger partial charge < -0.3 is 4.90 Å². The van der Waals surface area contributed by atoms with Gasteiger partial charge in [-0.25, -0.2) is 13.4 Å². The third-order valence-corrected chi connectivity index (χ3v) is 6.59. The lowest BCUT2D eigenvalue weighted by molar-refractivity contribution is -0.129. The van der Waals surface area contributed by atoms with E-state index < -0.39 is 15.6 Å². The van der Waals surface area contributed by atoms with Crippen LogP contribution in [0.25, 0.3) is 0 Å². The van der Waals surface area contributed by atoms with E-state index in [1.807, 2.05) is 6.92 Å². The van der Waals surface area contributed by atoms with Crippen LogP contribution in [0.5, 0.6) is 0 Å². The molecular weight excluding hydrogens is 320 g/mol. The Hall–Kier alpha value is -0.950. The molecule has 1 amide bonds. The molecule has 7 heteroatoms. The van der Waals surface area contributed by atoms with Crippen LogP contribution in [-0.2, 0) is 26.8 Å². The van der Waals surface area contributed by atoms with Crippen LogP contribution in [0.3, 0.4) is 0 Å². The zero-order chi connectivity index (χ0) is 16.2. The predicted molar refractivity (Wildman–Crippen MR) is 88.6 cm³/mol. The lowest BCUT2D eigenvalue weighted by Gasteiger charge is -2.31. The number of sulfone groups is 1. The van der Waals surface area contributed by atoms with E-state index in [-0.39, 0.29) is 17.7 Å². The molecule has 0 unspecified atom stereocenters. The molecule has 2 rings (SSSR count). The number of carbonyl (C=O) groups is 1. The Bertz CT molecular complexity index is 604. The van der Waals surface area contributed by atoms with Gasteiger partial charge in [0, 0.05) is 18.5 Å². The van der Waals surface area contributed by atoms with E-state index in [0.717, 1.165) is 37.1 Å². The summed E-state index contributed by atoms with van der Waals surface area (Å²) in [5.41, 5.74) is 0.551. The minimum Gasteiger partial charge on any atom is -0.342 e. The zero-order valence-electron chi connectivity index (χ0n) is 13.2. The fourth-order valence-electron chi connectivity index (χ4n) is 2.82. The van der Waals surface area contributed by atoms with Crippen LogP contribution in [0.2, 0.25) is 0 Å². The molecule has 1 saturated carbocycles. The Balaban J connectivity index is 1.93. The second-order valence-corrected chi connectivity index (χ2v) is 8.92. The summed E-state index contributed by atoms with van der Waals surface area (Å²) >= 11 is 1.47. The summed E-state index contributed by atoms with van der Waals surface area (Å²) in [5, 5.41) is 2.70. The summed E-state index contributed by atoms with van der Waals surface area (Å²) in [6.45, 7) is 1.99. The highest BCUT2D eigenvalue weighted by molar-refractivity contribution is 7.91. The van der Waals surface area contributed by atoms with Crippen LogP contribution >= 0.6 is 11.3 Å². The number of rotatable bonds is 6. The number of aromatic nitrogens is 1. The van der Waals surface area contributed by atoms with E-state index in [1.165, 1.54) is 17.8 Å². The first-order valence-electron chi connectivity index (χ1n) is 7.80. The van der Waals surface area contributed by atoms with E-state index >= 15 is 0 Å². The molecule has 5 nitrogen and oxygen atoms in total. The van der Waals surface area contributed by atoms with Crippen molar-refractivity contribution in [1.29, 1.82) is 0 Å². The van der Waals surface area contributed by atoms with Crippen molar-refractivity contribution in [3.05, 3.63) is 16.1 Å². The van der Waals surface area contributed by atoms with Crippen molar-refractivity contribution < 1.29 is 13.2 Å². The first kappa shape index (κ1) is 17.4. The Morgan fingerprint density at radius 1 is 1.36 bits per heavy atom. The molecule has 1 aliphatic rings. The third-order valence-electron chi connectivity index (χ3n) is 4.13. The molecular formula is C15H24N2O3S2. The number of thiazole rings is 1. The summed E-state index contributed by atoms with van der Waals surface area (Å²) in [4.78, 5) is 18.1. The Labute approximate surface area is 136 Å². The van der Waals surface area contributed by atoms with Gasteiger partial charge in [0.2, 0.25) is 5.91 Å². The Kier molecular flexibility index (Phi) is 5.97. The highest BCUT2D eigenvalue weighted by atomic mass is 32.2.